The van der Waals surface area contributed by atoms with E-state index in [9.17, 15) is 18.0 Å². The van der Waals surface area contributed by atoms with Crippen molar-refractivity contribution in [3.63, 3.8) is 0 Å². The topological polar surface area (TPSA) is 70.6 Å². The second kappa shape index (κ2) is 9.21. The van der Waals surface area contributed by atoms with Crippen molar-refractivity contribution in [2.75, 3.05) is 13.1 Å². The molecule has 1 atom stereocenters. The fraction of sp³-hybridized carbons (Fsp3) is 0.278. The van der Waals surface area contributed by atoms with Crippen LogP contribution in [-0.2, 0) is 11.0 Å². The number of nitrogens with one attached hydrogen (secondary N) is 2. The Morgan fingerprint density at radius 2 is 1.73 bits per heavy atom. The first kappa shape index (κ1) is 19.7. The van der Waals surface area contributed by atoms with Crippen LogP contribution in [0.25, 0.3) is 0 Å². The maximum atomic E-state index is 12.6. The number of ether oxygens (including phenoxy) is 1. The molecule has 1 amide bonds. The molecule has 2 rings (SSSR count). The minimum atomic E-state index is -4.39. The molecule has 1 unspecified atom stereocenters. The zero-order chi connectivity index (χ0) is 19.0. The van der Waals surface area contributed by atoms with Gasteiger partial charge in [-0.25, -0.2) is 5.48 Å². The summed E-state index contributed by atoms with van der Waals surface area (Å²) in [6.45, 7) is 0.353. The maximum absolute atomic E-state index is 12.6. The highest BCUT2D eigenvalue weighted by Crippen LogP contribution is 2.31. The molecule has 0 fully saturated rings. The van der Waals surface area contributed by atoms with Crippen molar-refractivity contribution in [2.45, 2.75) is 18.7 Å². The fourth-order valence-electron chi connectivity index (χ4n) is 2.32. The lowest BCUT2D eigenvalue weighted by Crippen LogP contribution is -2.32. The standard InChI is InChI=1S/C18H19F3N2O3/c19-18(20,21)14-6-8-15(9-7-14)26-16(13-4-2-1-3-5-13)10-11-22-12-17(24)23-25/h1-9,16,22,25H,10-12H2,(H,23,24). The summed E-state index contributed by atoms with van der Waals surface area (Å²) in [5.41, 5.74) is 1.64. The molecule has 0 saturated heterocycles. The number of carbonyl (C=O) groups excluding carboxylic acids is 1. The Morgan fingerprint density at radius 3 is 2.31 bits per heavy atom. The van der Waals surface area contributed by atoms with Gasteiger partial charge in [-0.15, -0.1) is 0 Å². The van der Waals surface area contributed by atoms with Crippen LogP contribution >= 0.6 is 0 Å². The van der Waals surface area contributed by atoms with Crippen molar-refractivity contribution >= 4 is 5.91 Å². The lowest BCUT2D eigenvalue weighted by atomic mass is 10.1. The van der Waals surface area contributed by atoms with Gasteiger partial charge in [0, 0.05) is 6.42 Å². The summed E-state index contributed by atoms with van der Waals surface area (Å²) in [7, 11) is 0. The highest BCUT2D eigenvalue weighted by atomic mass is 19.4. The van der Waals surface area contributed by atoms with Crippen LogP contribution in [0.3, 0.4) is 0 Å². The Hall–Kier alpha value is -2.58. The van der Waals surface area contributed by atoms with Crippen LogP contribution in [0.2, 0.25) is 0 Å². The van der Waals surface area contributed by atoms with Gasteiger partial charge in [0.25, 0.3) is 5.91 Å². The molecule has 2 aromatic carbocycles. The number of hydrogen-bond donors (Lipinski definition) is 3. The predicted molar refractivity (Wildman–Crippen MR) is 88.7 cm³/mol. The average molecular weight is 368 g/mol. The van der Waals surface area contributed by atoms with Crippen molar-refractivity contribution in [1.29, 1.82) is 0 Å². The number of carbonyl (C=O) groups is 1. The number of rotatable bonds is 8. The number of alkyl halides is 3. The van der Waals surface area contributed by atoms with E-state index in [4.69, 9.17) is 9.94 Å². The van der Waals surface area contributed by atoms with Gasteiger partial charge >= 0.3 is 6.18 Å². The molecule has 0 heterocycles. The van der Waals surface area contributed by atoms with E-state index in [2.05, 4.69) is 5.32 Å². The molecule has 2 aromatic rings. The van der Waals surface area contributed by atoms with Crippen LogP contribution in [0, 0.1) is 0 Å². The van der Waals surface area contributed by atoms with Crippen LogP contribution in [-0.4, -0.2) is 24.2 Å². The van der Waals surface area contributed by atoms with Gasteiger partial charge in [0.15, 0.2) is 0 Å². The monoisotopic (exact) mass is 368 g/mol. The Morgan fingerprint density at radius 1 is 1.08 bits per heavy atom. The molecular weight excluding hydrogens is 349 g/mol. The SMILES string of the molecule is O=C(CNCCC(Oc1ccc(C(F)(F)F)cc1)c1ccccc1)NO. The molecule has 5 nitrogen and oxygen atoms in total. The van der Waals surface area contributed by atoms with Crippen molar-refractivity contribution < 1.29 is 27.9 Å². The molecule has 3 N–H and O–H groups in total. The van der Waals surface area contributed by atoms with Gasteiger partial charge in [-0.2, -0.15) is 13.2 Å². The summed E-state index contributed by atoms with van der Waals surface area (Å²) in [5, 5.41) is 11.3. The highest BCUT2D eigenvalue weighted by molar-refractivity contribution is 5.76. The van der Waals surface area contributed by atoms with Crippen molar-refractivity contribution in [1.82, 2.24) is 10.8 Å². The first-order chi connectivity index (χ1) is 12.4. The van der Waals surface area contributed by atoms with E-state index in [0.29, 0.717) is 18.7 Å². The highest BCUT2D eigenvalue weighted by Gasteiger charge is 2.30. The van der Waals surface area contributed by atoms with E-state index in [1.807, 2.05) is 30.3 Å². The third-order valence-corrected chi connectivity index (χ3v) is 3.62. The number of amides is 1. The number of hydroxylamine groups is 1. The molecule has 0 saturated carbocycles. The third-order valence-electron chi connectivity index (χ3n) is 3.62. The minimum absolute atomic E-state index is 0.0573. The van der Waals surface area contributed by atoms with Crippen LogP contribution in [0.1, 0.15) is 23.7 Å². The number of hydrogen-bond acceptors (Lipinski definition) is 4. The van der Waals surface area contributed by atoms with E-state index in [-0.39, 0.29) is 6.54 Å². The summed E-state index contributed by atoms with van der Waals surface area (Å²) in [6.07, 6.45) is -4.32. The quantitative estimate of drug-likeness (QED) is 0.380. The summed E-state index contributed by atoms with van der Waals surface area (Å²) < 4.78 is 43.8. The van der Waals surface area contributed by atoms with Crippen molar-refractivity contribution in [3.8, 4) is 5.75 Å². The molecule has 8 heteroatoms. The lowest BCUT2D eigenvalue weighted by Gasteiger charge is -2.20. The van der Waals surface area contributed by atoms with Gasteiger partial charge in [-0.05, 0) is 36.4 Å². The lowest BCUT2D eigenvalue weighted by molar-refractivity contribution is -0.137. The third kappa shape index (κ3) is 6.05. The molecule has 0 aliphatic carbocycles. The molecule has 0 bridgehead atoms. The molecule has 0 spiro atoms. The van der Waals surface area contributed by atoms with E-state index in [0.717, 1.165) is 17.7 Å². The number of benzene rings is 2. The summed E-state index contributed by atoms with van der Waals surface area (Å²) in [4.78, 5) is 11.0. The summed E-state index contributed by atoms with van der Waals surface area (Å²) >= 11 is 0. The molecule has 140 valence electrons. The Kier molecular flexibility index (Phi) is 6.99. The predicted octanol–water partition coefficient (Wildman–Crippen LogP) is 3.31. The van der Waals surface area contributed by atoms with Gasteiger partial charge in [-0.3, -0.25) is 10.0 Å². The molecule has 0 radical (unpaired) electrons. The van der Waals surface area contributed by atoms with Gasteiger partial charge < -0.3 is 10.1 Å². The second-order valence-corrected chi connectivity index (χ2v) is 5.54. The van der Waals surface area contributed by atoms with E-state index in [1.165, 1.54) is 17.6 Å². The largest absolute Gasteiger partial charge is 0.486 e. The van der Waals surface area contributed by atoms with Crippen LogP contribution in [0.4, 0.5) is 13.2 Å². The zero-order valence-electron chi connectivity index (χ0n) is 13.8. The van der Waals surface area contributed by atoms with Gasteiger partial charge in [-0.1, -0.05) is 30.3 Å². The summed E-state index contributed by atoms with van der Waals surface area (Å²) in [6, 6.07) is 13.8. The summed E-state index contributed by atoms with van der Waals surface area (Å²) in [5.74, 6) is -0.245. The first-order valence-electron chi connectivity index (χ1n) is 7.92. The van der Waals surface area contributed by atoms with Gasteiger partial charge in [0.2, 0.25) is 0 Å². The van der Waals surface area contributed by atoms with Crippen LogP contribution in [0.15, 0.2) is 54.6 Å². The maximum Gasteiger partial charge on any atom is 0.416 e. The second-order valence-electron chi connectivity index (χ2n) is 5.54. The molecule has 0 aliphatic heterocycles. The molecule has 0 aliphatic rings. The minimum Gasteiger partial charge on any atom is -0.486 e. The van der Waals surface area contributed by atoms with Gasteiger partial charge in [0.1, 0.15) is 11.9 Å². The Labute approximate surface area is 148 Å². The van der Waals surface area contributed by atoms with Gasteiger partial charge in [0.05, 0.1) is 12.1 Å². The van der Waals surface area contributed by atoms with Crippen molar-refractivity contribution in [2.24, 2.45) is 0 Å². The normalized spacial score (nSPS) is 12.5. The van der Waals surface area contributed by atoms with Crippen LogP contribution in [0.5, 0.6) is 5.75 Å². The smallest absolute Gasteiger partial charge is 0.416 e. The van der Waals surface area contributed by atoms with E-state index in [1.54, 1.807) is 0 Å². The molecule has 26 heavy (non-hydrogen) atoms. The average Bonchev–Trinajstić information content (AvgIpc) is 2.64. The zero-order valence-corrected chi connectivity index (χ0v) is 13.8. The fourth-order valence-corrected chi connectivity index (χ4v) is 2.32. The van der Waals surface area contributed by atoms with Crippen LogP contribution < -0.4 is 15.5 Å². The van der Waals surface area contributed by atoms with Crippen molar-refractivity contribution in [3.05, 3.63) is 65.7 Å². The Balaban J connectivity index is 2.03. The Bertz CT molecular complexity index is 691. The van der Waals surface area contributed by atoms with E-state index < -0.39 is 23.8 Å². The van der Waals surface area contributed by atoms with E-state index >= 15 is 0 Å². The molecule has 0 aromatic heterocycles. The number of halogens is 3. The first-order valence-corrected chi connectivity index (χ1v) is 7.92. The molecular formula is C18H19F3N2O3.